The summed E-state index contributed by atoms with van der Waals surface area (Å²) in [5.74, 6) is -0.257. The first-order chi connectivity index (χ1) is 17.1. The van der Waals surface area contributed by atoms with Crippen LogP contribution in [0.5, 0.6) is 0 Å². The van der Waals surface area contributed by atoms with E-state index < -0.39 is 23.6 Å². The smallest absolute Gasteiger partial charge is 0.392 e. The topological polar surface area (TPSA) is 55.8 Å². The number of halogens is 5. The molecule has 2 N–H and O–H groups in total. The number of benzene rings is 2. The summed E-state index contributed by atoms with van der Waals surface area (Å²) in [6, 6.07) is 12.1. The van der Waals surface area contributed by atoms with Gasteiger partial charge in [-0.1, -0.05) is 34.1 Å². The molecule has 196 valence electrons. The van der Waals surface area contributed by atoms with Crippen LogP contribution in [0.25, 0.3) is 0 Å². The van der Waals surface area contributed by atoms with Crippen molar-refractivity contribution in [3.63, 3.8) is 0 Å². The second kappa shape index (κ2) is 11.5. The summed E-state index contributed by atoms with van der Waals surface area (Å²) < 4.78 is 53.5. The number of nitrogens with zero attached hydrogens (tertiary/aromatic N) is 2. The first-order valence-corrected chi connectivity index (χ1v) is 13.0. The lowest BCUT2D eigenvalue weighted by Crippen LogP contribution is -2.46. The minimum absolute atomic E-state index is 0.0735. The van der Waals surface area contributed by atoms with Crippen molar-refractivity contribution in [2.75, 3.05) is 31.5 Å². The molecule has 2 aromatic carbocycles. The number of aliphatic hydroxyl groups excluding tert-OH is 1. The maximum absolute atomic E-state index is 13.5. The third-order valence-electron chi connectivity index (χ3n) is 7.13. The molecular weight excluding hydrogens is 542 g/mol. The van der Waals surface area contributed by atoms with Crippen LogP contribution in [0.2, 0.25) is 0 Å². The van der Waals surface area contributed by atoms with Gasteiger partial charge in [-0.05, 0) is 67.9 Å². The molecule has 0 bridgehead atoms. The largest absolute Gasteiger partial charge is 0.419 e. The molecule has 36 heavy (non-hydrogen) atoms. The molecule has 4 atom stereocenters. The van der Waals surface area contributed by atoms with Gasteiger partial charge in [-0.3, -0.25) is 4.90 Å². The summed E-state index contributed by atoms with van der Waals surface area (Å²) in [6.07, 6.45) is -1.43. The van der Waals surface area contributed by atoms with E-state index >= 15 is 0 Å². The van der Waals surface area contributed by atoms with Gasteiger partial charge < -0.3 is 15.3 Å². The van der Waals surface area contributed by atoms with Gasteiger partial charge in [-0.15, -0.1) is 0 Å². The van der Waals surface area contributed by atoms with Gasteiger partial charge in [0.15, 0.2) is 0 Å². The van der Waals surface area contributed by atoms with Gasteiger partial charge in [0.2, 0.25) is 0 Å². The van der Waals surface area contributed by atoms with Gasteiger partial charge in [0.05, 0.1) is 11.7 Å². The molecule has 1 heterocycles. The Kier molecular flexibility index (Phi) is 8.57. The lowest BCUT2D eigenvalue weighted by atomic mass is 10.1. The van der Waals surface area contributed by atoms with Gasteiger partial charge in [0.25, 0.3) is 0 Å². The Hall–Kier alpha value is -2.17. The van der Waals surface area contributed by atoms with Crippen LogP contribution in [0.3, 0.4) is 0 Å². The molecule has 5 nitrogen and oxygen atoms in total. The van der Waals surface area contributed by atoms with Crippen molar-refractivity contribution in [3.8, 4) is 0 Å². The Labute approximate surface area is 216 Å². The molecular formula is C26H30BrF4N3O2. The number of carbonyl (C=O) groups is 1. The molecule has 5 rings (SSSR count). The zero-order valence-corrected chi connectivity index (χ0v) is 21.3. The number of hydrogen-bond donors (Lipinski definition) is 2. The van der Waals surface area contributed by atoms with Crippen LogP contribution < -0.4 is 5.32 Å². The number of anilines is 1. The Morgan fingerprint density at radius 1 is 1.14 bits per heavy atom. The van der Waals surface area contributed by atoms with Crippen molar-refractivity contribution in [3.05, 3.63) is 64.4 Å². The summed E-state index contributed by atoms with van der Waals surface area (Å²) >= 11 is 3.31. The van der Waals surface area contributed by atoms with Crippen molar-refractivity contribution in [1.82, 2.24) is 9.80 Å². The van der Waals surface area contributed by atoms with E-state index in [-0.39, 0.29) is 17.8 Å². The molecule has 3 fully saturated rings. The van der Waals surface area contributed by atoms with E-state index in [1.807, 2.05) is 30.3 Å². The van der Waals surface area contributed by atoms with E-state index in [9.17, 15) is 27.5 Å². The van der Waals surface area contributed by atoms with Crippen LogP contribution in [0.15, 0.2) is 53.0 Å². The Bertz CT molecular complexity index is 1040. The Morgan fingerprint density at radius 3 is 2.42 bits per heavy atom. The van der Waals surface area contributed by atoms with Gasteiger partial charge in [0, 0.05) is 42.4 Å². The molecule has 0 aromatic heterocycles. The van der Waals surface area contributed by atoms with Gasteiger partial charge in [-0.25, -0.2) is 9.18 Å². The highest BCUT2D eigenvalue weighted by atomic mass is 79.9. The van der Waals surface area contributed by atoms with Crippen molar-refractivity contribution < 1.29 is 27.5 Å². The average molecular weight is 572 g/mol. The number of nitrogens with one attached hydrogen (secondary N) is 1. The van der Waals surface area contributed by atoms with Crippen LogP contribution in [-0.2, 0) is 6.18 Å². The molecule has 2 saturated carbocycles. The summed E-state index contributed by atoms with van der Waals surface area (Å²) in [7, 11) is 0. The molecule has 2 aromatic rings. The van der Waals surface area contributed by atoms with E-state index in [4.69, 9.17) is 0 Å². The lowest BCUT2D eigenvalue weighted by molar-refractivity contribution is -0.139. The number of aliphatic hydroxyl groups is 1. The van der Waals surface area contributed by atoms with Gasteiger partial charge in [-0.2, -0.15) is 13.2 Å². The normalized spacial score (nSPS) is 25.1. The standard InChI is InChI=1S/C20H25F4N3O2.C6H5Br/c21-17-3-2-13(10-16(17)20(22,23)24)25-19(29)27(18-4-1-12-9-15(12)18)8-7-26-6-5-14(28)11-26;7-6-4-2-1-3-5-6/h2-3,10,12,14-15,18,28H,1,4-9,11H2,(H,25,29);1-5H. The molecule has 1 aliphatic heterocycles. The predicted molar refractivity (Wildman–Crippen MR) is 133 cm³/mol. The minimum atomic E-state index is -4.83. The van der Waals surface area contributed by atoms with Crippen LogP contribution in [0.4, 0.5) is 28.0 Å². The van der Waals surface area contributed by atoms with Crippen LogP contribution in [0.1, 0.15) is 31.2 Å². The molecule has 10 heteroatoms. The van der Waals surface area contributed by atoms with E-state index in [1.54, 1.807) is 4.90 Å². The molecule has 3 aliphatic rings. The molecule has 4 unspecified atom stereocenters. The number of hydrogen-bond acceptors (Lipinski definition) is 3. The number of carbonyl (C=O) groups excluding carboxylic acids is 1. The SMILES string of the molecule is Brc1ccccc1.O=C(Nc1ccc(F)c(C(F)(F)F)c1)N(CCN1CCC(O)C1)C1CCC2CC21. The minimum Gasteiger partial charge on any atom is -0.392 e. The monoisotopic (exact) mass is 571 g/mol. The quantitative estimate of drug-likeness (QED) is 0.433. The summed E-state index contributed by atoms with van der Waals surface area (Å²) in [5.41, 5.74) is -1.47. The zero-order valence-electron chi connectivity index (χ0n) is 19.7. The van der Waals surface area contributed by atoms with E-state index in [0.29, 0.717) is 44.0 Å². The van der Waals surface area contributed by atoms with Crippen molar-refractivity contribution >= 4 is 27.6 Å². The number of β-amino-alcohol motifs (C(OH)–C–C–N with tert-alkyl or cyclic N) is 1. The fourth-order valence-corrected chi connectivity index (χ4v) is 5.48. The Balaban J connectivity index is 0.000000375. The molecule has 2 amide bonds. The van der Waals surface area contributed by atoms with Gasteiger partial charge >= 0.3 is 12.2 Å². The van der Waals surface area contributed by atoms with Crippen molar-refractivity contribution in [2.45, 2.75) is 44.0 Å². The highest BCUT2D eigenvalue weighted by Crippen LogP contribution is 2.53. The zero-order chi connectivity index (χ0) is 25.9. The summed E-state index contributed by atoms with van der Waals surface area (Å²) in [6.45, 7) is 2.38. The fraction of sp³-hybridized carbons (Fsp3) is 0.500. The molecule has 1 saturated heterocycles. The van der Waals surface area contributed by atoms with Gasteiger partial charge in [0.1, 0.15) is 5.82 Å². The average Bonchev–Trinajstić information content (AvgIpc) is 3.30. The first kappa shape index (κ1) is 26.9. The van der Waals surface area contributed by atoms with Crippen molar-refractivity contribution in [2.24, 2.45) is 11.8 Å². The lowest BCUT2D eigenvalue weighted by Gasteiger charge is -2.32. The number of fused-ring (bicyclic) bond motifs is 1. The highest BCUT2D eigenvalue weighted by Gasteiger charge is 2.51. The number of likely N-dealkylation sites (tertiary alicyclic amines) is 1. The van der Waals surface area contributed by atoms with Crippen LogP contribution in [-0.4, -0.2) is 59.3 Å². The number of alkyl halides is 3. The molecule has 0 radical (unpaired) electrons. The molecule has 0 spiro atoms. The first-order valence-electron chi connectivity index (χ1n) is 12.2. The van der Waals surface area contributed by atoms with Crippen molar-refractivity contribution in [1.29, 1.82) is 0 Å². The van der Waals surface area contributed by atoms with E-state index in [1.165, 1.54) is 0 Å². The maximum Gasteiger partial charge on any atom is 0.419 e. The summed E-state index contributed by atoms with van der Waals surface area (Å²) in [4.78, 5) is 16.8. The van der Waals surface area contributed by atoms with Crippen LogP contribution >= 0.6 is 15.9 Å². The second-order valence-electron chi connectivity index (χ2n) is 9.66. The fourth-order valence-electron chi connectivity index (χ4n) is 5.17. The second-order valence-corrected chi connectivity index (χ2v) is 10.6. The molecule has 2 aliphatic carbocycles. The van der Waals surface area contributed by atoms with E-state index in [2.05, 4.69) is 26.1 Å². The number of urea groups is 1. The number of amides is 2. The highest BCUT2D eigenvalue weighted by molar-refractivity contribution is 9.10. The number of rotatable bonds is 5. The Morgan fingerprint density at radius 2 is 1.89 bits per heavy atom. The maximum atomic E-state index is 13.5. The predicted octanol–water partition coefficient (Wildman–Crippen LogP) is 5.99. The third-order valence-corrected chi connectivity index (χ3v) is 7.66. The summed E-state index contributed by atoms with van der Waals surface area (Å²) in [5, 5.41) is 12.2. The van der Waals surface area contributed by atoms with E-state index in [0.717, 1.165) is 42.4 Å². The third kappa shape index (κ3) is 6.98. The van der Waals surface area contributed by atoms with Crippen LogP contribution in [0, 0.1) is 17.7 Å².